The van der Waals surface area contributed by atoms with Crippen molar-refractivity contribution in [3.05, 3.63) is 27.8 Å². The van der Waals surface area contributed by atoms with Gasteiger partial charge in [0.2, 0.25) is 0 Å². The Kier molecular flexibility index (Phi) is 2.02. The van der Waals surface area contributed by atoms with Gasteiger partial charge in [-0.05, 0) is 53.3 Å². The molecule has 2 rings (SSSR count). The number of hydrogen-bond donors (Lipinski definition) is 0. The van der Waals surface area contributed by atoms with E-state index < -0.39 is 0 Å². The molecule has 0 N–H and O–H groups in total. The molecule has 1 aliphatic heterocycles. The molecule has 0 amide bonds. The highest BCUT2D eigenvalue weighted by atomic mass is 127. The number of benzene rings is 1. The lowest BCUT2D eigenvalue weighted by molar-refractivity contribution is 0.618. The maximum absolute atomic E-state index is 2.40. The Hall–Kier alpha value is -0.250. The molecule has 1 nitrogen and oxygen atoms in total. The van der Waals surface area contributed by atoms with E-state index in [4.69, 9.17) is 0 Å². The van der Waals surface area contributed by atoms with E-state index in [-0.39, 0.29) is 0 Å². The summed E-state index contributed by atoms with van der Waals surface area (Å²) in [6.07, 6.45) is 1.35. The Morgan fingerprint density at radius 2 is 1.73 bits per heavy atom. The van der Waals surface area contributed by atoms with Crippen LogP contribution in [0.2, 0.25) is 0 Å². The Labute approximate surface area is 80.5 Å². The molecule has 1 saturated heterocycles. The van der Waals surface area contributed by atoms with Crippen LogP contribution < -0.4 is 4.90 Å². The SMILES string of the molecule is Ic1ccc(N2CCC2)cc1. The van der Waals surface area contributed by atoms with Crippen LogP contribution in [-0.4, -0.2) is 13.1 Å². The molecule has 1 aromatic carbocycles. The highest BCUT2D eigenvalue weighted by molar-refractivity contribution is 14.1. The summed E-state index contributed by atoms with van der Waals surface area (Å²) < 4.78 is 1.31. The highest BCUT2D eigenvalue weighted by Crippen LogP contribution is 2.20. The molecule has 0 aliphatic carbocycles. The van der Waals surface area contributed by atoms with E-state index in [1.807, 2.05) is 0 Å². The molecular formula is C9H10IN. The number of nitrogens with zero attached hydrogens (tertiary/aromatic N) is 1. The quantitative estimate of drug-likeness (QED) is 0.700. The van der Waals surface area contributed by atoms with Crippen LogP contribution >= 0.6 is 22.6 Å². The fourth-order valence-corrected chi connectivity index (χ4v) is 1.59. The van der Waals surface area contributed by atoms with Gasteiger partial charge < -0.3 is 4.90 Å². The Bertz CT molecular complexity index is 238. The molecule has 1 aromatic rings. The summed E-state index contributed by atoms with van der Waals surface area (Å²) in [6, 6.07) is 8.71. The van der Waals surface area contributed by atoms with E-state index in [9.17, 15) is 0 Å². The standard InChI is InChI=1S/C9H10IN/c10-8-2-4-9(5-3-8)11-6-1-7-11/h2-5H,1,6-7H2. The van der Waals surface area contributed by atoms with Gasteiger partial charge in [0.05, 0.1) is 0 Å². The summed E-state index contributed by atoms with van der Waals surface area (Å²) >= 11 is 2.33. The van der Waals surface area contributed by atoms with Gasteiger partial charge in [0.25, 0.3) is 0 Å². The Balaban J connectivity index is 2.18. The minimum atomic E-state index is 1.24. The van der Waals surface area contributed by atoms with Crippen molar-refractivity contribution in [2.45, 2.75) is 6.42 Å². The first-order valence-electron chi connectivity index (χ1n) is 3.87. The summed E-state index contributed by atoms with van der Waals surface area (Å²) in [6.45, 7) is 2.47. The van der Waals surface area contributed by atoms with Gasteiger partial charge in [-0.15, -0.1) is 0 Å². The molecule has 0 aromatic heterocycles. The van der Waals surface area contributed by atoms with Gasteiger partial charge in [-0.25, -0.2) is 0 Å². The highest BCUT2D eigenvalue weighted by Gasteiger charge is 2.13. The summed E-state index contributed by atoms with van der Waals surface area (Å²) in [7, 11) is 0. The molecule has 2 heteroatoms. The van der Waals surface area contributed by atoms with E-state index in [1.165, 1.54) is 28.8 Å². The molecule has 1 fully saturated rings. The first kappa shape index (κ1) is 7.40. The van der Waals surface area contributed by atoms with Gasteiger partial charge >= 0.3 is 0 Å². The second-order valence-electron chi connectivity index (χ2n) is 2.82. The first-order valence-corrected chi connectivity index (χ1v) is 4.95. The van der Waals surface area contributed by atoms with Crippen molar-refractivity contribution >= 4 is 28.3 Å². The second-order valence-corrected chi connectivity index (χ2v) is 4.06. The van der Waals surface area contributed by atoms with Crippen molar-refractivity contribution in [1.29, 1.82) is 0 Å². The van der Waals surface area contributed by atoms with Gasteiger partial charge in [-0.1, -0.05) is 0 Å². The zero-order valence-electron chi connectivity index (χ0n) is 6.26. The average molecular weight is 259 g/mol. The van der Waals surface area contributed by atoms with Crippen molar-refractivity contribution < 1.29 is 0 Å². The van der Waals surface area contributed by atoms with Crippen LogP contribution in [0.5, 0.6) is 0 Å². The monoisotopic (exact) mass is 259 g/mol. The third kappa shape index (κ3) is 1.50. The first-order chi connectivity index (χ1) is 5.36. The molecular weight excluding hydrogens is 249 g/mol. The van der Waals surface area contributed by atoms with Crippen LogP contribution in [0.15, 0.2) is 24.3 Å². The predicted molar refractivity (Wildman–Crippen MR) is 56.0 cm³/mol. The fourth-order valence-electron chi connectivity index (χ4n) is 1.23. The second kappa shape index (κ2) is 3.01. The van der Waals surface area contributed by atoms with Crippen molar-refractivity contribution in [2.24, 2.45) is 0 Å². The fraction of sp³-hybridized carbons (Fsp3) is 0.333. The summed E-state index contributed by atoms with van der Waals surface area (Å²) in [5.41, 5.74) is 1.37. The van der Waals surface area contributed by atoms with Gasteiger partial charge in [0.15, 0.2) is 0 Å². The number of anilines is 1. The molecule has 1 aliphatic rings. The predicted octanol–water partition coefficient (Wildman–Crippen LogP) is 2.50. The zero-order chi connectivity index (χ0) is 7.68. The lowest BCUT2D eigenvalue weighted by atomic mass is 10.2. The molecule has 11 heavy (non-hydrogen) atoms. The van der Waals surface area contributed by atoms with E-state index in [2.05, 4.69) is 51.8 Å². The lowest BCUT2D eigenvalue weighted by Gasteiger charge is -2.33. The summed E-state index contributed by atoms with van der Waals surface area (Å²) in [5, 5.41) is 0. The largest absolute Gasteiger partial charge is 0.371 e. The van der Waals surface area contributed by atoms with Crippen molar-refractivity contribution in [1.82, 2.24) is 0 Å². The minimum absolute atomic E-state index is 1.24. The Morgan fingerprint density at radius 3 is 2.18 bits per heavy atom. The molecule has 0 atom stereocenters. The van der Waals surface area contributed by atoms with Crippen LogP contribution in [0, 0.1) is 3.57 Å². The van der Waals surface area contributed by atoms with Crippen molar-refractivity contribution in [2.75, 3.05) is 18.0 Å². The third-order valence-corrected chi connectivity index (χ3v) is 2.77. The average Bonchev–Trinajstić information content (AvgIpc) is 1.90. The van der Waals surface area contributed by atoms with Crippen LogP contribution in [0.4, 0.5) is 5.69 Å². The van der Waals surface area contributed by atoms with Gasteiger partial charge in [0, 0.05) is 22.3 Å². The number of halogens is 1. The molecule has 0 unspecified atom stereocenters. The maximum atomic E-state index is 2.40. The van der Waals surface area contributed by atoms with Crippen molar-refractivity contribution in [3.63, 3.8) is 0 Å². The van der Waals surface area contributed by atoms with E-state index in [1.54, 1.807) is 0 Å². The van der Waals surface area contributed by atoms with E-state index in [0.717, 1.165) is 0 Å². The Morgan fingerprint density at radius 1 is 1.09 bits per heavy atom. The molecule has 0 radical (unpaired) electrons. The van der Waals surface area contributed by atoms with Gasteiger partial charge in [-0.3, -0.25) is 0 Å². The molecule has 0 spiro atoms. The molecule has 1 heterocycles. The van der Waals surface area contributed by atoms with Gasteiger partial charge in [-0.2, -0.15) is 0 Å². The zero-order valence-corrected chi connectivity index (χ0v) is 8.41. The van der Waals surface area contributed by atoms with Crippen LogP contribution in [0.1, 0.15) is 6.42 Å². The third-order valence-electron chi connectivity index (χ3n) is 2.05. The van der Waals surface area contributed by atoms with Gasteiger partial charge in [0.1, 0.15) is 0 Å². The van der Waals surface area contributed by atoms with Crippen LogP contribution in [0.3, 0.4) is 0 Å². The smallest absolute Gasteiger partial charge is 0.0366 e. The molecule has 0 saturated carbocycles. The molecule has 58 valence electrons. The van der Waals surface area contributed by atoms with E-state index in [0.29, 0.717) is 0 Å². The topological polar surface area (TPSA) is 3.24 Å². The molecule has 0 bridgehead atoms. The summed E-state index contributed by atoms with van der Waals surface area (Å²) in [5.74, 6) is 0. The minimum Gasteiger partial charge on any atom is -0.371 e. The van der Waals surface area contributed by atoms with Crippen LogP contribution in [0.25, 0.3) is 0 Å². The van der Waals surface area contributed by atoms with E-state index >= 15 is 0 Å². The maximum Gasteiger partial charge on any atom is 0.0366 e. The number of hydrogen-bond acceptors (Lipinski definition) is 1. The van der Waals surface area contributed by atoms with Crippen LogP contribution in [-0.2, 0) is 0 Å². The van der Waals surface area contributed by atoms with Crippen molar-refractivity contribution in [3.8, 4) is 0 Å². The lowest BCUT2D eigenvalue weighted by Crippen LogP contribution is -2.36. The number of rotatable bonds is 1. The summed E-state index contributed by atoms with van der Waals surface area (Å²) in [4.78, 5) is 2.40. The normalized spacial score (nSPS) is 16.3.